The average molecular weight is 546 g/mol. The Balaban J connectivity index is 1.31. The zero-order chi connectivity index (χ0) is 28.1. The fourth-order valence-corrected chi connectivity index (χ4v) is 5.18. The zero-order valence-electron chi connectivity index (χ0n) is 22.1. The van der Waals surface area contributed by atoms with Gasteiger partial charge in [0.25, 0.3) is 5.56 Å². The van der Waals surface area contributed by atoms with Gasteiger partial charge < -0.3 is 5.32 Å². The second kappa shape index (κ2) is 12.0. The van der Waals surface area contributed by atoms with Gasteiger partial charge in [0.05, 0.1) is 22.3 Å². The van der Waals surface area contributed by atoms with Crippen LogP contribution in [0.2, 0.25) is 0 Å². The van der Waals surface area contributed by atoms with E-state index in [1.165, 1.54) is 21.9 Å². The first-order valence-corrected chi connectivity index (χ1v) is 13.8. The SMILES string of the molecule is Cc1ccc(/C=C/C(=O)c2cccc(NC(=O)CSc3nc4ccccc4c(=O)n3-c3ccccc3)c2)c(C)c1. The molecule has 40 heavy (non-hydrogen) atoms. The van der Waals surface area contributed by atoms with Crippen molar-refractivity contribution in [3.05, 3.63) is 136 Å². The molecule has 5 rings (SSSR count). The summed E-state index contributed by atoms with van der Waals surface area (Å²) in [6.07, 6.45) is 3.35. The molecule has 0 saturated carbocycles. The number of rotatable bonds is 8. The van der Waals surface area contributed by atoms with Crippen LogP contribution in [0.25, 0.3) is 22.7 Å². The van der Waals surface area contributed by atoms with Gasteiger partial charge in [0.15, 0.2) is 10.9 Å². The van der Waals surface area contributed by atoms with Gasteiger partial charge in [0.1, 0.15) is 0 Å². The Morgan fingerprint density at radius 3 is 2.48 bits per heavy atom. The first-order valence-electron chi connectivity index (χ1n) is 12.8. The molecule has 0 fully saturated rings. The summed E-state index contributed by atoms with van der Waals surface area (Å²) in [5.74, 6) is -0.400. The van der Waals surface area contributed by atoms with Crippen molar-refractivity contribution in [2.24, 2.45) is 0 Å². The highest BCUT2D eigenvalue weighted by atomic mass is 32.2. The molecule has 0 aliphatic rings. The van der Waals surface area contributed by atoms with Crippen molar-refractivity contribution in [2.45, 2.75) is 19.0 Å². The number of fused-ring (bicyclic) bond motifs is 1. The molecule has 1 heterocycles. The number of allylic oxidation sites excluding steroid dienone is 1. The number of ketones is 1. The Morgan fingerprint density at radius 2 is 1.68 bits per heavy atom. The summed E-state index contributed by atoms with van der Waals surface area (Å²) in [5, 5.41) is 3.79. The number of carbonyl (C=O) groups excluding carboxylic acids is 2. The first kappa shape index (κ1) is 26.8. The van der Waals surface area contributed by atoms with Crippen molar-refractivity contribution in [1.82, 2.24) is 9.55 Å². The quantitative estimate of drug-likeness (QED) is 0.102. The van der Waals surface area contributed by atoms with E-state index in [9.17, 15) is 14.4 Å². The summed E-state index contributed by atoms with van der Waals surface area (Å²) in [4.78, 5) is 43.7. The van der Waals surface area contributed by atoms with Crippen LogP contribution in [0, 0.1) is 13.8 Å². The monoisotopic (exact) mass is 545 g/mol. The lowest BCUT2D eigenvalue weighted by Crippen LogP contribution is -2.23. The van der Waals surface area contributed by atoms with Gasteiger partial charge in [-0.25, -0.2) is 4.98 Å². The van der Waals surface area contributed by atoms with E-state index in [-0.39, 0.29) is 23.0 Å². The molecule has 0 aliphatic carbocycles. The summed E-state index contributed by atoms with van der Waals surface area (Å²) in [5.41, 5.74) is 5.29. The van der Waals surface area contributed by atoms with Crippen LogP contribution in [0.5, 0.6) is 0 Å². The van der Waals surface area contributed by atoms with Gasteiger partial charge in [-0.2, -0.15) is 0 Å². The molecule has 0 saturated heterocycles. The number of para-hydroxylation sites is 2. The highest BCUT2D eigenvalue weighted by Crippen LogP contribution is 2.22. The predicted molar refractivity (Wildman–Crippen MR) is 162 cm³/mol. The minimum Gasteiger partial charge on any atom is -0.325 e. The molecule has 0 spiro atoms. The molecule has 6 nitrogen and oxygen atoms in total. The van der Waals surface area contributed by atoms with E-state index in [0.29, 0.717) is 33.0 Å². The summed E-state index contributed by atoms with van der Waals surface area (Å²) >= 11 is 1.18. The van der Waals surface area contributed by atoms with Crippen LogP contribution in [0.3, 0.4) is 0 Å². The van der Waals surface area contributed by atoms with Crippen LogP contribution in [0.1, 0.15) is 27.0 Å². The zero-order valence-corrected chi connectivity index (χ0v) is 22.9. The van der Waals surface area contributed by atoms with Crippen LogP contribution >= 0.6 is 11.8 Å². The number of hydrogen-bond acceptors (Lipinski definition) is 5. The highest BCUT2D eigenvalue weighted by Gasteiger charge is 2.15. The second-order valence-corrected chi connectivity index (χ2v) is 10.3. The van der Waals surface area contributed by atoms with Gasteiger partial charge in [-0.15, -0.1) is 0 Å². The molecule has 198 valence electrons. The maximum Gasteiger partial charge on any atom is 0.266 e. The van der Waals surface area contributed by atoms with E-state index >= 15 is 0 Å². The molecule has 4 aromatic carbocycles. The number of benzene rings is 4. The Kier molecular flexibility index (Phi) is 8.03. The van der Waals surface area contributed by atoms with E-state index in [0.717, 1.165) is 11.1 Å². The maximum atomic E-state index is 13.3. The number of carbonyl (C=O) groups is 2. The number of aromatic nitrogens is 2. The van der Waals surface area contributed by atoms with Gasteiger partial charge >= 0.3 is 0 Å². The van der Waals surface area contributed by atoms with E-state index in [1.54, 1.807) is 48.5 Å². The average Bonchev–Trinajstić information content (AvgIpc) is 2.96. The van der Waals surface area contributed by atoms with E-state index < -0.39 is 0 Å². The molecule has 1 amide bonds. The van der Waals surface area contributed by atoms with E-state index in [2.05, 4.69) is 16.4 Å². The summed E-state index contributed by atoms with van der Waals surface area (Å²) in [6, 6.07) is 29.3. The predicted octanol–water partition coefficient (Wildman–Crippen LogP) is 6.63. The molecular weight excluding hydrogens is 518 g/mol. The number of anilines is 1. The largest absolute Gasteiger partial charge is 0.325 e. The molecule has 5 aromatic rings. The van der Waals surface area contributed by atoms with Gasteiger partial charge in [-0.1, -0.05) is 84.1 Å². The van der Waals surface area contributed by atoms with Crippen LogP contribution in [-0.4, -0.2) is 27.0 Å². The van der Waals surface area contributed by atoms with Crippen molar-refractivity contribution >= 4 is 46.1 Å². The summed E-state index contributed by atoms with van der Waals surface area (Å²) < 4.78 is 1.53. The van der Waals surface area contributed by atoms with E-state index in [4.69, 9.17) is 0 Å². The van der Waals surface area contributed by atoms with Gasteiger partial charge in [-0.05, 0) is 67.4 Å². The summed E-state index contributed by atoms with van der Waals surface area (Å²) in [6.45, 7) is 4.04. The second-order valence-electron chi connectivity index (χ2n) is 9.36. The number of thioether (sulfide) groups is 1. The lowest BCUT2D eigenvalue weighted by molar-refractivity contribution is -0.113. The molecule has 0 radical (unpaired) electrons. The molecule has 0 aliphatic heterocycles. The van der Waals surface area contributed by atoms with Crippen LogP contribution in [-0.2, 0) is 4.79 Å². The van der Waals surface area contributed by atoms with Crippen LogP contribution < -0.4 is 10.9 Å². The molecule has 0 atom stereocenters. The Hall–Kier alpha value is -4.75. The third-order valence-corrected chi connectivity index (χ3v) is 7.30. The normalized spacial score (nSPS) is 11.2. The van der Waals surface area contributed by atoms with Crippen LogP contribution in [0.4, 0.5) is 5.69 Å². The minimum atomic E-state index is -0.276. The fourth-order valence-electron chi connectivity index (χ4n) is 4.37. The Labute approximate surface area is 236 Å². The Bertz CT molecular complexity index is 1810. The minimum absolute atomic E-state index is 0.0302. The molecular formula is C33H27N3O3S. The van der Waals surface area contributed by atoms with Crippen molar-refractivity contribution in [2.75, 3.05) is 11.1 Å². The van der Waals surface area contributed by atoms with Crippen molar-refractivity contribution in [1.29, 1.82) is 0 Å². The molecule has 0 bridgehead atoms. The molecule has 0 unspecified atom stereocenters. The van der Waals surface area contributed by atoms with Gasteiger partial charge in [0, 0.05) is 11.3 Å². The highest BCUT2D eigenvalue weighted by molar-refractivity contribution is 7.99. The van der Waals surface area contributed by atoms with Crippen molar-refractivity contribution in [3.63, 3.8) is 0 Å². The fraction of sp³-hybridized carbons (Fsp3) is 0.0909. The van der Waals surface area contributed by atoms with Crippen LogP contribution in [0.15, 0.2) is 113 Å². The topological polar surface area (TPSA) is 81.1 Å². The number of aryl methyl sites for hydroxylation is 2. The maximum absolute atomic E-state index is 13.3. The number of nitrogens with zero attached hydrogens (tertiary/aromatic N) is 2. The van der Waals surface area contributed by atoms with Gasteiger partial charge in [0.2, 0.25) is 5.91 Å². The summed E-state index contributed by atoms with van der Waals surface area (Å²) in [7, 11) is 0. The molecule has 1 N–H and O–H groups in total. The number of amides is 1. The van der Waals surface area contributed by atoms with Gasteiger partial charge in [-0.3, -0.25) is 19.0 Å². The number of nitrogens with one attached hydrogen (secondary N) is 1. The van der Waals surface area contributed by atoms with Crippen molar-refractivity contribution in [3.8, 4) is 5.69 Å². The Morgan fingerprint density at radius 1 is 0.900 bits per heavy atom. The smallest absolute Gasteiger partial charge is 0.266 e. The lowest BCUT2D eigenvalue weighted by atomic mass is 10.0. The standard InChI is InChI=1S/C33H27N3O3S/c1-22-15-16-24(23(2)19-22)17-18-30(37)25-9-8-10-26(20-25)34-31(38)21-40-33-35-29-14-7-6-13-28(29)32(39)36(33)27-11-4-3-5-12-27/h3-20H,21H2,1-2H3,(H,34,38)/b18-17+. The third kappa shape index (κ3) is 6.11. The third-order valence-electron chi connectivity index (χ3n) is 6.36. The lowest BCUT2D eigenvalue weighted by Gasteiger charge is -2.13. The van der Waals surface area contributed by atoms with Crippen molar-refractivity contribution < 1.29 is 9.59 Å². The van der Waals surface area contributed by atoms with E-state index in [1.807, 2.05) is 68.5 Å². The number of hydrogen-bond donors (Lipinski definition) is 1. The first-order chi connectivity index (χ1) is 19.4. The molecule has 1 aromatic heterocycles. The molecule has 7 heteroatoms.